The molecule has 0 aliphatic heterocycles. The lowest BCUT2D eigenvalue weighted by molar-refractivity contribution is 0.0950. The minimum atomic E-state index is -0.262. The molecule has 5 nitrogen and oxygen atoms in total. The summed E-state index contributed by atoms with van der Waals surface area (Å²) in [5.41, 5.74) is 1.17. The van der Waals surface area contributed by atoms with Gasteiger partial charge in [-0.1, -0.05) is 11.6 Å². The molecule has 0 bridgehead atoms. The van der Waals surface area contributed by atoms with Gasteiger partial charge in [0.1, 0.15) is 5.75 Å². The molecule has 1 aromatic carbocycles. The van der Waals surface area contributed by atoms with Crippen LogP contribution in [0.3, 0.4) is 0 Å². The number of carbonyl (C=O) groups excluding carboxylic acids is 1. The van der Waals surface area contributed by atoms with Gasteiger partial charge in [0.2, 0.25) is 0 Å². The molecular weight excluding hydrogens is 254 g/mol. The maximum absolute atomic E-state index is 11.8. The van der Waals surface area contributed by atoms with Crippen molar-refractivity contribution < 1.29 is 9.90 Å². The van der Waals surface area contributed by atoms with Gasteiger partial charge in [0.05, 0.1) is 17.3 Å². The highest BCUT2D eigenvalue weighted by molar-refractivity contribution is 6.32. The summed E-state index contributed by atoms with van der Waals surface area (Å²) < 4.78 is 1.67. The van der Waals surface area contributed by atoms with Crippen LogP contribution in [0.15, 0.2) is 30.5 Å². The predicted molar refractivity (Wildman–Crippen MR) is 67.5 cm³/mol. The fourth-order valence-electron chi connectivity index (χ4n) is 1.48. The number of aromatic nitrogens is 2. The average Bonchev–Trinajstić information content (AvgIpc) is 2.75. The summed E-state index contributed by atoms with van der Waals surface area (Å²) in [7, 11) is 1.81. The van der Waals surface area contributed by atoms with Crippen molar-refractivity contribution in [3.05, 3.63) is 46.7 Å². The summed E-state index contributed by atoms with van der Waals surface area (Å²) >= 11 is 5.73. The number of halogens is 1. The Labute approximate surface area is 109 Å². The number of rotatable bonds is 3. The number of carbonyl (C=O) groups is 1. The normalized spacial score (nSPS) is 10.3. The highest BCUT2D eigenvalue weighted by Gasteiger charge is 2.08. The van der Waals surface area contributed by atoms with Crippen LogP contribution in [0.25, 0.3) is 0 Å². The maximum atomic E-state index is 11.8. The molecule has 0 aliphatic carbocycles. The van der Waals surface area contributed by atoms with E-state index in [-0.39, 0.29) is 16.7 Å². The molecule has 2 aromatic rings. The second-order valence-corrected chi connectivity index (χ2v) is 4.24. The third-order valence-corrected chi connectivity index (χ3v) is 2.71. The van der Waals surface area contributed by atoms with Crippen LogP contribution in [0.2, 0.25) is 5.02 Å². The lowest BCUT2D eigenvalue weighted by Crippen LogP contribution is -2.23. The van der Waals surface area contributed by atoms with Crippen LogP contribution in [-0.2, 0) is 13.6 Å². The fraction of sp³-hybridized carbons (Fsp3) is 0.167. The molecular formula is C12H12ClN3O2. The van der Waals surface area contributed by atoms with Crippen molar-refractivity contribution in [1.29, 1.82) is 0 Å². The van der Waals surface area contributed by atoms with E-state index in [4.69, 9.17) is 11.6 Å². The first-order valence-electron chi connectivity index (χ1n) is 5.31. The first-order valence-corrected chi connectivity index (χ1v) is 5.69. The van der Waals surface area contributed by atoms with E-state index < -0.39 is 0 Å². The van der Waals surface area contributed by atoms with Gasteiger partial charge in [-0.15, -0.1) is 0 Å². The summed E-state index contributed by atoms with van der Waals surface area (Å²) in [5.74, 6) is -0.305. The third-order valence-electron chi connectivity index (χ3n) is 2.41. The van der Waals surface area contributed by atoms with E-state index in [0.717, 1.165) is 5.69 Å². The van der Waals surface area contributed by atoms with Gasteiger partial charge in [-0.05, 0) is 24.3 Å². The third kappa shape index (κ3) is 2.81. The lowest BCUT2D eigenvalue weighted by atomic mass is 10.2. The Balaban J connectivity index is 2.01. The summed E-state index contributed by atoms with van der Waals surface area (Å²) in [6.07, 6.45) is 1.80. The van der Waals surface area contributed by atoms with Gasteiger partial charge in [-0.3, -0.25) is 9.48 Å². The van der Waals surface area contributed by atoms with Crippen molar-refractivity contribution in [2.45, 2.75) is 6.54 Å². The standard InChI is InChI=1S/C12H12ClN3O2/c1-16-5-4-9(15-16)7-14-12(18)8-2-3-11(17)10(13)6-8/h2-6,17H,7H2,1H3,(H,14,18). The predicted octanol–water partition coefficient (Wildman–Crippen LogP) is 1.71. The molecule has 6 heteroatoms. The first kappa shape index (κ1) is 12.4. The molecule has 0 radical (unpaired) electrons. The van der Waals surface area contributed by atoms with Crippen molar-refractivity contribution in [2.24, 2.45) is 7.05 Å². The minimum absolute atomic E-state index is 0.0436. The van der Waals surface area contributed by atoms with Crippen LogP contribution in [0.5, 0.6) is 5.75 Å². The van der Waals surface area contributed by atoms with Crippen LogP contribution in [0.4, 0.5) is 0 Å². The molecule has 94 valence electrons. The molecule has 0 saturated heterocycles. The summed E-state index contributed by atoms with van der Waals surface area (Å²) in [6.45, 7) is 0.345. The largest absolute Gasteiger partial charge is 0.506 e. The number of amides is 1. The fourth-order valence-corrected chi connectivity index (χ4v) is 1.66. The number of phenolic OH excluding ortho intramolecular Hbond substituents is 1. The van der Waals surface area contributed by atoms with Gasteiger partial charge in [0.25, 0.3) is 5.91 Å². The highest BCUT2D eigenvalue weighted by atomic mass is 35.5. The molecule has 0 unspecified atom stereocenters. The molecule has 1 amide bonds. The van der Waals surface area contributed by atoms with Gasteiger partial charge >= 0.3 is 0 Å². The van der Waals surface area contributed by atoms with E-state index >= 15 is 0 Å². The Morgan fingerprint density at radius 3 is 2.89 bits per heavy atom. The van der Waals surface area contributed by atoms with Crippen molar-refractivity contribution in [2.75, 3.05) is 0 Å². The zero-order chi connectivity index (χ0) is 13.1. The molecule has 2 N–H and O–H groups in total. The average molecular weight is 266 g/mol. The van der Waals surface area contributed by atoms with E-state index in [2.05, 4.69) is 10.4 Å². The zero-order valence-corrected chi connectivity index (χ0v) is 10.5. The SMILES string of the molecule is Cn1ccc(CNC(=O)c2ccc(O)c(Cl)c2)n1. The van der Waals surface area contributed by atoms with E-state index in [1.54, 1.807) is 10.9 Å². The van der Waals surface area contributed by atoms with Crippen LogP contribution in [0, 0.1) is 0 Å². The number of hydrogen-bond donors (Lipinski definition) is 2. The van der Waals surface area contributed by atoms with Gasteiger partial charge in [0.15, 0.2) is 0 Å². The van der Waals surface area contributed by atoms with Crippen molar-refractivity contribution in [3.8, 4) is 5.75 Å². The minimum Gasteiger partial charge on any atom is -0.506 e. The summed E-state index contributed by atoms with van der Waals surface area (Å²) in [6, 6.07) is 6.14. The second kappa shape index (κ2) is 5.10. The molecule has 0 atom stereocenters. The van der Waals surface area contributed by atoms with E-state index in [1.807, 2.05) is 13.1 Å². The van der Waals surface area contributed by atoms with Gasteiger partial charge in [0, 0.05) is 18.8 Å². The maximum Gasteiger partial charge on any atom is 0.251 e. The number of nitrogens with one attached hydrogen (secondary N) is 1. The number of benzene rings is 1. The van der Waals surface area contributed by atoms with Crippen molar-refractivity contribution in [3.63, 3.8) is 0 Å². The Kier molecular flexibility index (Phi) is 3.53. The number of hydrogen-bond acceptors (Lipinski definition) is 3. The van der Waals surface area contributed by atoms with Crippen molar-refractivity contribution in [1.82, 2.24) is 15.1 Å². The van der Waals surface area contributed by atoms with E-state index in [9.17, 15) is 9.90 Å². The molecule has 1 heterocycles. The summed E-state index contributed by atoms with van der Waals surface area (Å²) in [5, 5.41) is 16.3. The van der Waals surface area contributed by atoms with Crippen LogP contribution >= 0.6 is 11.6 Å². The molecule has 0 fully saturated rings. The highest BCUT2D eigenvalue weighted by Crippen LogP contribution is 2.23. The monoisotopic (exact) mass is 265 g/mol. The van der Waals surface area contributed by atoms with Gasteiger partial charge < -0.3 is 10.4 Å². The Hall–Kier alpha value is -2.01. The smallest absolute Gasteiger partial charge is 0.251 e. The molecule has 1 aromatic heterocycles. The quantitative estimate of drug-likeness (QED) is 0.888. The van der Waals surface area contributed by atoms with E-state index in [1.165, 1.54) is 18.2 Å². The van der Waals surface area contributed by atoms with Crippen LogP contribution in [0.1, 0.15) is 16.1 Å². The van der Waals surface area contributed by atoms with Crippen LogP contribution < -0.4 is 5.32 Å². The lowest BCUT2D eigenvalue weighted by Gasteiger charge is -2.04. The number of aryl methyl sites for hydroxylation is 1. The topological polar surface area (TPSA) is 67.2 Å². The van der Waals surface area contributed by atoms with Gasteiger partial charge in [-0.25, -0.2) is 0 Å². The first-order chi connectivity index (χ1) is 8.56. The second-order valence-electron chi connectivity index (χ2n) is 3.83. The summed E-state index contributed by atoms with van der Waals surface area (Å²) in [4.78, 5) is 11.8. The van der Waals surface area contributed by atoms with Crippen molar-refractivity contribution >= 4 is 17.5 Å². The number of phenols is 1. The Bertz CT molecular complexity index is 580. The molecule has 2 rings (SSSR count). The molecule has 0 aliphatic rings. The Morgan fingerprint density at radius 1 is 1.50 bits per heavy atom. The van der Waals surface area contributed by atoms with Crippen LogP contribution in [-0.4, -0.2) is 20.8 Å². The van der Waals surface area contributed by atoms with Gasteiger partial charge in [-0.2, -0.15) is 5.10 Å². The van der Waals surface area contributed by atoms with E-state index in [0.29, 0.717) is 12.1 Å². The number of aromatic hydroxyl groups is 1. The molecule has 18 heavy (non-hydrogen) atoms. The number of nitrogens with zero attached hydrogens (tertiary/aromatic N) is 2. The molecule has 0 saturated carbocycles. The Morgan fingerprint density at radius 2 is 2.28 bits per heavy atom. The zero-order valence-electron chi connectivity index (χ0n) is 9.72. The molecule has 0 spiro atoms.